The van der Waals surface area contributed by atoms with Gasteiger partial charge < -0.3 is 9.47 Å². The Hall–Kier alpha value is -1.32. The molecule has 0 heterocycles. The second-order valence-electron chi connectivity index (χ2n) is 1.92. The summed E-state index contributed by atoms with van der Waals surface area (Å²) in [5.74, 6) is 0.0516. The minimum Gasteiger partial charge on any atom is -0.437 e. The molecular formula is C7H10O4. The van der Waals surface area contributed by atoms with Gasteiger partial charge in [0.05, 0.1) is 7.11 Å². The van der Waals surface area contributed by atoms with Gasteiger partial charge >= 0.3 is 6.16 Å². The molecule has 4 nitrogen and oxygen atoms in total. The van der Waals surface area contributed by atoms with Gasteiger partial charge in [0.25, 0.3) is 0 Å². The van der Waals surface area contributed by atoms with E-state index < -0.39 is 6.16 Å². The molecule has 0 spiro atoms. The molecule has 0 aliphatic rings. The molecule has 0 fully saturated rings. The molecule has 0 N–H and O–H groups in total. The van der Waals surface area contributed by atoms with E-state index in [4.69, 9.17) is 0 Å². The van der Waals surface area contributed by atoms with Gasteiger partial charge in [0.2, 0.25) is 0 Å². The number of rotatable bonds is 2. The monoisotopic (exact) mass is 158 g/mol. The van der Waals surface area contributed by atoms with Gasteiger partial charge in [0, 0.05) is 6.08 Å². The van der Waals surface area contributed by atoms with Crippen LogP contribution < -0.4 is 0 Å². The molecule has 0 aliphatic heterocycles. The highest BCUT2D eigenvalue weighted by molar-refractivity contribution is 5.87. The molecule has 0 aromatic carbocycles. The van der Waals surface area contributed by atoms with E-state index in [-0.39, 0.29) is 11.5 Å². The molecule has 0 amide bonds. The van der Waals surface area contributed by atoms with Gasteiger partial charge in [0.15, 0.2) is 5.78 Å². The normalized spacial score (nSPS) is 10.6. The summed E-state index contributed by atoms with van der Waals surface area (Å²) in [5.41, 5.74) is 0. The maximum atomic E-state index is 10.4. The minimum absolute atomic E-state index is 0.175. The standard InChI is InChI=1S/C7H10O4/c1-5(8)4-6(2)11-7(9)10-3/h4H,1-3H3/b6-4-. The van der Waals surface area contributed by atoms with Gasteiger partial charge in [0.1, 0.15) is 5.76 Å². The first-order valence-corrected chi connectivity index (χ1v) is 3.01. The third-order valence-corrected chi connectivity index (χ3v) is 0.818. The van der Waals surface area contributed by atoms with Crippen LogP contribution in [0.25, 0.3) is 0 Å². The van der Waals surface area contributed by atoms with E-state index in [2.05, 4.69) is 9.47 Å². The van der Waals surface area contributed by atoms with E-state index in [1.165, 1.54) is 27.0 Å². The maximum Gasteiger partial charge on any atom is 0.513 e. The molecule has 11 heavy (non-hydrogen) atoms. The van der Waals surface area contributed by atoms with Gasteiger partial charge in [-0.3, -0.25) is 4.79 Å². The van der Waals surface area contributed by atoms with Crippen LogP contribution >= 0.6 is 0 Å². The number of ketones is 1. The Labute approximate surface area is 64.8 Å². The maximum absolute atomic E-state index is 10.4. The number of hydrogen-bond acceptors (Lipinski definition) is 4. The summed E-state index contributed by atoms with van der Waals surface area (Å²) in [7, 11) is 1.20. The second kappa shape index (κ2) is 4.49. The molecule has 0 saturated carbocycles. The summed E-state index contributed by atoms with van der Waals surface area (Å²) in [6, 6.07) is 0. The van der Waals surface area contributed by atoms with Crippen LogP contribution in [0, 0.1) is 0 Å². The van der Waals surface area contributed by atoms with Crippen molar-refractivity contribution in [3.8, 4) is 0 Å². The average molecular weight is 158 g/mol. The number of methoxy groups -OCH3 is 1. The van der Waals surface area contributed by atoms with Crippen LogP contribution in [0.3, 0.4) is 0 Å². The Balaban J connectivity index is 3.96. The molecular weight excluding hydrogens is 148 g/mol. The van der Waals surface area contributed by atoms with E-state index in [1.807, 2.05) is 0 Å². The zero-order valence-electron chi connectivity index (χ0n) is 6.71. The van der Waals surface area contributed by atoms with E-state index >= 15 is 0 Å². The first kappa shape index (κ1) is 9.68. The SMILES string of the molecule is COC(=O)O/C(C)=C\C(C)=O. The van der Waals surface area contributed by atoms with E-state index in [9.17, 15) is 9.59 Å². The fraction of sp³-hybridized carbons (Fsp3) is 0.429. The van der Waals surface area contributed by atoms with Gasteiger partial charge in [-0.15, -0.1) is 0 Å². The molecule has 0 radical (unpaired) electrons. The Kier molecular flexibility index (Phi) is 3.95. The highest BCUT2D eigenvalue weighted by Crippen LogP contribution is 1.97. The highest BCUT2D eigenvalue weighted by Gasteiger charge is 2.01. The number of ether oxygens (including phenoxy) is 2. The lowest BCUT2D eigenvalue weighted by Gasteiger charge is -1.99. The first-order valence-electron chi connectivity index (χ1n) is 3.01. The summed E-state index contributed by atoms with van der Waals surface area (Å²) in [5, 5.41) is 0. The lowest BCUT2D eigenvalue weighted by Crippen LogP contribution is -2.03. The lowest BCUT2D eigenvalue weighted by molar-refractivity contribution is -0.112. The van der Waals surface area contributed by atoms with Gasteiger partial charge in [-0.1, -0.05) is 0 Å². The fourth-order valence-corrected chi connectivity index (χ4v) is 0.489. The zero-order chi connectivity index (χ0) is 8.85. The lowest BCUT2D eigenvalue weighted by atomic mass is 10.4. The average Bonchev–Trinajstić information content (AvgIpc) is 1.85. The van der Waals surface area contributed by atoms with Crippen LogP contribution in [-0.4, -0.2) is 19.0 Å². The summed E-state index contributed by atoms with van der Waals surface area (Å²) in [6.07, 6.45) is 0.386. The molecule has 0 atom stereocenters. The number of carbonyl (C=O) groups excluding carboxylic acids is 2. The van der Waals surface area contributed by atoms with Crippen molar-refractivity contribution in [2.45, 2.75) is 13.8 Å². The molecule has 0 bridgehead atoms. The second-order valence-corrected chi connectivity index (χ2v) is 1.92. The van der Waals surface area contributed by atoms with E-state index in [0.29, 0.717) is 0 Å². The van der Waals surface area contributed by atoms with Gasteiger partial charge in [-0.05, 0) is 13.8 Å². The largest absolute Gasteiger partial charge is 0.513 e. The summed E-state index contributed by atoms with van der Waals surface area (Å²) in [4.78, 5) is 20.8. The van der Waals surface area contributed by atoms with Crippen molar-refractivity contribution in [2.75, 3.05) is 7.11 Å². The predicted molar refractivity (Wildman–Crippen MR) is 37.9 cm³/mol. The van der Waals surface area contributed by atoms with Crippen LogP contribution in [0.15, 0.2) is 11.8 Å². The van der Waals surface area contributed by atoms with E-state index in [1.54, 1.807) is 0 Å². The Morgan fingerprint density at radius 1 is 1.27 bits per heavy atom. The van der Waals surface area contributed by atoms with Crippen molar-refractivity contribution in [3.63, 3.8) is 0 Å². The molecule has 0 aromatic rings. The number of hydrogen-bond donors (Lipinski definition) is 0. The molecule has 4 heteroatoms. The van der Waals surface area contributed by atoms with Crippen molar-refractivity contribution in [1.82, 2.24) is 0 Å². The Morgan fingerprint density at radius 3 is 2.18 bits per heavy atom. The van der Waals surface area contributed by atoms with Crippen molar-refractivity contribution < 1.29 is 19.1 Å². The Bertz CT molecular complexity index is 193. The van der Waals surface area contributed by atoms with Crippen LogP contribution in [0.4, 0.5) is 4.79 Å². The molecule has 0 aliphatic carbocycles. The summed E-state index contributed by atoms with van der Waals surface area (Å²) >= 11 is 0. The molecule has 0 rings (SSSR count). The van der Waals surface area contributed by atoms with Crippen LogP contribution in [-0.2, 0) is 14.3 Å². The number of carbonyl (C=O) groups is 2. The van der Waals surface area contributed by atoms with Crippen molar-refractivity contribution in [2.24, 2.45) is 0 Å². The quantitative estimate of drug-likeness (QED) is 0.345. The topological polar surface area (TPSA) is 52.6 Å². The van der Waals surface area contributed by atoms with Crippen LogP contribution in [0.1, 0.15) is 13.8 Å². The van der Waals surface area contributed by atoms with Crippen molar-refractivity contribution in [1.29, 1.82) is 0 Å². The summed E-state index contributed by atoms with van der Waals surface area (Å²) < 4.78 is 8.68. The zero-order valence-corrected chi connectivity index (χ0v) is 6.71. The van der Waals surface area contributed by atoms with Crippen molar-refractivity contribution >= 4 is 11.9 Å². The third kappa shape index (κ3) is 5.14. The van der Waals surface area contributed by atoms with Crippen molar-refractivity contribution in [3.05, 3.63) is 11.8 Å². The smallest absolute Gasteiger partial charge is 0.437 e. The predicted octanol–water partition coefficient (Wildman–Crippen LogP) is 1.26. The minimum atomic E-state index is -0.819. The summed E-state index contributed by atoms with van der Waals surface area (Å²) in [6.45, 7) is 2.86. The van der Waals surface area contributed by atoms with Gasteiger partial charge in [-0.2, -0.15) is 0 Å². The van der Waals surface area contributed by atoms with Crippen LogP contribution in [0.5, 0.6) is 0 Å². The number of allylic oxidation sites excluding steroid dienone is 2. The molecule has 0 unspecified atom stereocenters. The highest BCUT2D eigenvalue weighted by atomic mass is 16.7. The third-order valence-electron chi connectivity index (χ3n) is 0.818. The fourth-order valence-electron chi connectivity index (χ4n) is 0.489. The molecule has 0 saturated heterocycles. The first-order chi connectivity index (χ1) is 5.06. The Morgan fingerprint density at radius 2 is 1.82 bits per heavy atom. The van der Waals surface area contributed by atoms with Crippen LogP contribution in [0.2, 0.25) is 0 Å². The van der Waals surface area contributed by atoms with Gasteiger partial charge in [-0.25, -0.2) is 4.79 Å². The molecule has 0 aromatic heterocycles. The van der Waals surface area contributed by atoms with E-state index in [0.717, 1.165) is 0 Å². The molecule has 62 valence electrons.